The van der Waals surface area contributed by atoms with Crippen LogP contribution in [0.25, 0.3) is 0 Å². The standard InChI is InChI=1S/C18H24N2/c1-18(19(2,3)15-11-7-6-8-12-15)16-13-9-10-14-17(16)20(18,4)5/h6-14H,1-5H3/q+2. The molecule has 20 heavy (non-hydrogen) atoms. The van der Waals surface area contributed by atoms with Crippen LogP contribution in [-0.4, -0.2) is 28.2 Å². The van der Waals surface area contributed by atoms with Gasteiger partial charge in [0.15, 0.2) is 5.69 Å². The molecule has 0 saturated carbocycles. The van der Waals surface area contributed by atoms with Gasteiger partial charge in [-0.05, 0) is 18.2 Å². The Morgan fingerprint density at radius 3 is 2.05 bits per heavy atom. The van der Waals surface area contributed by atoms with Crippen molar-refractivity contribution >= 4 is 11.4 Å². The zero-order valence-corrected chi connectivity index (χ0v) is 13.1. The second-order valence-corrected chi connectivity index (χ2v) is 6.78. The van der Waals surface area contributed by atoms with Crippen molar-refractivity contribution in [1.82, 2.24) is 8.97 Å². The monoisotopic (exact) mass is 268 g/mol. The van der Waals surface area contributed by atoms with Crippen molar-refractivity contribution in [3.63, 3.8) is 0 Å². The first-order valence-corrected chi connectivity index (χ1v) is 7.17. The molecule has 3 rings (SSSR count). The van der Waals surface area contributed by atoms with Crippen LogP contribution >= 0.6 is 0 Å². The molecule has 2 heteroatoms. The van der Waals surface area contributed by atoms with Gasteiger partial charge in [-0.2, -0.15) is 0 Å². The Morgan fingerprint density at radius 1 is 0.850 bits per heavy atom. The summed E-state index contributed by atoms with van der Waals surface area (Å²) in [5, 5.41) is 0. The predicted octanol–water partition coefficient (Wildman–Crippen LogP) is 3.71. The molecule has 1 heterocycles. The van der Waals surface area contributed by atoms with Gasteiger partial charge in [-0.25, -0.2) is 8.97 Å². The number of benzene rings is 2. The van der Waals surface area contributed by atoms with Crippen LogP contribution in [0.15, 0.2) is 54.6 Å². The van der Waals surface area contributed by atoms with Gasteiger partial charge >= 0.3 is 0 Å². The number of nitrogens with zero attached hydrogens (tertiary/aromatic N) is 2. The molecular formula is C18H24N2+2. The van der Waals surface area contributed by atoms with Gasteiger partial charge in [0, 0.05) is 6.07 Å². The van der Waals surface area contributed by atoms with Crippen LogP contribution in [0.1, 0.15) is 12.5 Å². The van der Waals surface area contributed by atoms with Crippen LogP contribution in [0, 0.1) is 0 Å². The van der Waals surface area contributed by atoms with Gasteiger partial charge in [-0.15, -0.1) is 0 Å². The van der Waals surface area contributed by atoms with Gasteiger partial charge < -0.3 is 0 Å². The first-order valence-electron chi connectivity index (χ1n) is 7.17. The average Bonchev–Trinajstić information content (AvgIpc) is 2.47. The third-order valence-corrected chi connectivity index (χ3v) is 5.60. The Bertz CT molecular complexity index is 643. The largest absolute Gasteiger partial charge is 0.263 e. The van der Waals surface area contributed by atoms with Crippen LogP contribution in [0.3, 0.4) is 0 Å². The molecule has 2 aromatic carbocycles. The smallest absolute Gasteiger partial charge is 0.241 e. The predicted molar refractivity (Wildman–Crippen MR) is 87.5 cm³/mol. The normalized spacial score (nSPS) is 23.9. The number of fused-ring (bicyclic) bond motifs is 1. The van der Waals surface area contributed by atoms with E-state index in [9.17, 15) is 0 Å². The number of hydrogen-bond acceptors (Lipinski definition) is 0. The Hall–Kier alpha value is -1.64. The first kappa shape index (κ1) is 13.3. The SMILES string of the molecule is CC1([N+](C)(C)c2ccccc2)c2ccccc2[N+]1(C)C. The fourth-order valence-corrected chi connectivity index (χ4v) is 3.82. The van der Waals surface area contributed by atoms with Gasteiger partial charge in [0.25, 0.3) is 5.66 Å². The van der Waals surface area contributed by atoms with E-state index >= 15 is 0 Å². The molecule has 0 saturated heterocycles. The minimum absolute atomic E-state index is 0.0257. The van der Waals surface area contributed by atoms with Gasteiger partial charge in [0.05, 0.1) is 35.1 Å². The highest BCUT2D eigenvalue weighted by Crippen LogP contribution is 2.56. The second-order valence-electron chi connectivity index (χ2n) is 6.78. The van der Waals surface area contributed by atoms with Crippen LogP contribution < -0.4 is 8.97 Å². The molecule has 0 amide bonds. The van der Waals surface area contributed by atoms with E-state index in [2.05, 4.69) is 89.7 Å². The van der Waals surface area contributed by atoms with E-state index in [4.69, 9.17) is 0 Å². The summed E-state index contributed by atoms with van der Waals surface area (Å²) in [5.41, 5.74) is 4.25. The molecule has 104 valence electrons. The summed E-state index contributed by atoms with van der Waals surface area (Å²) in [7, 11) is 9.24. The van der Waals surface area contributed by atoms with Crippen molar-refractivity contribution in [2.75, 3.05) is 28.2 Å². The molecular weight excluding hydrogens is 244 g/mol. The van der Waals surface area contributed by atoms with Gasteiger partial charge in [0.1, 0.15) is 11.3 Å². The lowest BCUT2D eigenvalue weighted by Crippen LogP contribution is -2.78. The molecule has 1 atom stereocenters. The maximum absolute atomic E-state index is 2.38. The fourth-order valence-electron chi connectivity index (χ4n) is 3.82. The minimum Gasteiger partial charge on any atom is -0.241 e. The summed E-state index contributed by atoms with van der Waals surface area (Å²) in [6.45, 7) is 2.38. The Morgan fingerprint density at radius 2 is 1.40 bits per heavy atom. The van der Waals surface area contributed by atoms with Crippen molar-refractivity contribution in [3.05, 3.63) is 60.2 Å². The summed E-state index contributed by atoms with van der Waals surface area (Å²) >= 11 is 0. The molecule has 0 radical (unpaired) electrons. The maximum Gasteiger partial charge on any atom is 0.263 e. The van der Waals surface area contributed by atoms with E-state index in [1.807, 2.05) is 0 Å². The number of rotatable bonds is 2. The van der Waals surface area contributed by atoms with Crippen LogP contribution in [0.4, 0.5) is 11.4 Å². The van der Waals surface area contributed by atoms with E-state index in [1.165, 1.54) is 16.9 Å². The summed E-state index contributed by atoms with van der Waals surface area (Å²) in [6.07, 6.45) is 0. The number of quaternary nitrogens is 2. The summed E-state index contributed by atoms with van der Waals surface area (Å²) in [4.78, 5) is 0. The first-order chi connectivity index (χ1) is 9.33. The highest BCUT2D eigenvalue weighted by Gasteiger charge is 2.67. The Balaban J connectivity index is 2.20. The van der Waals surface area contributed by atoms with Crippen LogP contribution in [-0.2, 0) is 5.66 Å². The van der Waals surface area contributed by atoms with E-state index < -0.39 is 0 Å². The number of hydrogen-bond donors (Lipinski definition) is 0. The topological polar surface area (TPSA) is 0 Å². The highest BCUT2D eigenvalue weighted by atomic mass is 15.6. The summed E-state index contributed by atoms with van der Waals surface area (Å²) in [6, 6.07) is 19.6. The van der Waals surface area contributed by atoms with Crippen molar-refractivity contribution in [1.29, 1.82) is 0 Å². The van der Waals surface area contributed by atoms with Gasteiger partial charge in [-0.3, -0.25) is 0 Å². The highest BCUT2D eigenvalue weighted by molar-refractivity contribution is 5.67. The molecule has 2 nitrogen and oxygen atoms in total. The quantitative estimate of drug-likeness (QED) is 0.728. The Labute approximate surface area is 122 Å². The van der Waals surface area contributed by atoms with Gasteiger partial charge in [0.2, 0.25) is 0 Å². The van der Waals surface area contributed by atoms with Crippen molar-refractivity contribution < 1.29 is 0 Å². The molecule has 0 aliphatic carbocycles. The maximum atomic E-state index is 2.38. The van der Waals surface area contributed by atoms with Crippen molar-refractivity contribution in [2.24, 2.45) is 0 Å². The molecule has 0 fully saturated rings. The zero-order chi connectivity index (χ0) is 14.6. The number of para-hydroxylation sites is 2. The van der Waals surface area contributed by atoms with E-state index in [1.54, 1.807) is 0 Å². The Kier molecular flexibility index (Phi) is 2.63. The van der Waals surface area contributed by atoms with E-state index in [0.29, 0.717) is 0 Å². The average molecular weight is 268 g/mol. The minimum atomic E-state index is 0.0257. The summed E-state index contributed by atoms with van der Waals surface area (Å²) in [5.74, 6) is 0. The third-order valence-electron chi connectivity index (χ3n) is 5.60. The lowest BCUT2D eigenvalue weighted by atomic mass is 9.81. The van der Waals surface area contributed by atoms with Crippen LogP contribution in [0.5, 0.6) is 0 Å². The van der Waals surface area contributed by atoms with E-state index in [-0.39, 0.29) is 5.66 Å². The zero-order valence-electron chi connectivity index (χ0n) is 13.1. The van der Waals surface area contributed by atoms with Crippen molar-refractivity contribution in [2.45, 2.75) is 12.6 Å². The molecule has 2 aromatic rings. The van der Waals surface area contributed by atoms with E-state index in [0.717, 1.165) is 8.97 Å². The summed E-state index contributed by atoms with van der Waals surface area (Å²) < 4.78 is 1.75. The molecule has 0 aromatic heterocycles. The lowest BCUT2D eigenvalue weighted by Gasteiger charge is -2.60. The molecule has 0 bridgehead atoms. The van der Waals surface area contributed by atoms with Gasteiger partial charge in [-0.1, -0.05) is 30.3 Å². The van der Waals surface area contributed by atoms with Crippen LogP contribution in [0.2, 0.25) is 0 Å². The second kappa shape index (κ2) is 3.94. The van der Waals surface area contributed by atoms with Crippen molar-refractivity contribution in [3.8, 4) is 0 Å². The molecule has 0 spiro atoms. The molecule has 1 unspecified atom stereocenters. The fraction of sp³-hybridized carbons (Fsp3) is 0.333. The molecule has 0 N–H and O–H groups in total. The third kappa shape index (κ3) is 1.36. The molecule has 1 aliphatic heterocycles. The lowest BCUT2D eigenvalue weighted by molar-refractivity contribution is -0.00769. The molecule has 1 aliphatic rings.